The topological polar surface area (TPSA) is 46.1 Å². The average Bonchev–Trinajstić information content (AvgIpc) is 3.08. The van der Waals surface area contributed by atoms with E-state index in [1.165, 1.54) is 41.0 Å². The van der Waals surface area contributed by atoms with Gasteiger partial charge < -0.3 is 0 Å². The number of halogens is 4. The number of anilines is 2. The Kier molecular flexibility index (Phi) is 6.26. The molecular formula is C18H13ClF3N3OS2. The lowest BCUT2D eigenvalue weighted by Gasteiger charge is -2.18. The van der Waals surface area contributed by atoms with Crippen molar-refractivity contribution in [2.45, 2.75) is 23.9 Å². The molecule has 0 bridgehead atoms. The van der Waals surface area contributed by atoms with Gasteiger partial charge >= 0.3 is 6.18 Å². The third-order valence-electron chi connectivity index (χ3n) is 3.54. The molecule has 2 heterocycles. The summed E-state index contributed by atoms with van der Waals surface area (Å²) in [5.74, 6) is 0.205. The SMILES string of the molecule is CC(=O)N(c1cccc(Cl)c1)c1nc(CSc2ccc(C(F)(F)F)cn2)cs1. The quantitative estimate of drug-likeness (QED) is 0.441. The maximum absolute atomic E-state index is 12.6. The molecule has 0 aliphatic carbocycles. The van der Waals surface area contributed by atoms with Crippen LogP contribution in [0.3, 0.4) is 0 Å². The van der Waals surface area contributed by atoms with Gasteiger partial charge in [0.25, 0.3) is 0 Å². The number of benzene rings is 1. The Balaban J connectivity index is 1.71. The van der Waals surface area contributed by atoms with Crippen LogP contribution < -0.4 is 4.90 Å². The first-order valence-electron chi connectivity index (χ1n) is 7.91. The molecule has 1 aromatic carbocycles. The highest BCUT2D eigenvalue weighted by Gasteiger charge is 2.30. The number of carbonyl (C=O) groups excluding carboxylic acids is 1. The van der Waals surface area contributed by atoms with Crippen LogP contribution in [-0.4, -0.2) is 15.9 Å². The first kappa shape index (κ1) is 20.6. The first-order valence-corrected chi connectivity index (χ1v) is 10.1. The summed E-state index contributed by atoms with van der Waals surface area (Å²) in [7, 11) is 0. The van der Waals surface area contributed by atoms with Crippen LogP contribution >= 0.6 is 34.7 Å². The predicted molar refractivity (Wildman–Crippen MR) is 105 cm³/mol. The van der Waals surface area contributed by atoms with Gasteiger partial charge in [0.05, 0.1) is 22.0 Å². The standard InChI is InChI=1S/C18H13ClF3N3OS2/c1-11(26)25(15-4-2-3-13(19)7-15)17-24-14(10-28-17)9-27-16-6-5-12(8-23-16)18(20,21)22/h2-8,10H,9H2,1H3. The van der Waals surface area contributed by atoms with E-state index in [-0.39, 0.29) is 5.91 Å². The maximum atomic E-state index is 12.6. The highest BCUT2D eigenvalue weighted by Crippen LogP contribution is 2.33. The van der Waals surface area contributed by atoms with Crippen LogP contribution in [0.25, 0.3) is 0 Å². The van der Waals surface area contributed by atoms with Gasteiger partial charge in [-0.05, 0) is 30.3 Å². The molecule has 0 spiro atoms. The van der Waals surface area contributed by atoms with E-state index in [4.69, 9.17) is 11.6 Å². The number of thiazole rings is 1. The van der Waals surface area contributed by atoms with Gasteiger partial charge in [-0.25, -0.2) is 9.97 Å². The number of alkyl halides is 3. The molecule has 0 atom stereocenters. The molecule has 0 saturated carbocycles. The smallest absolute Gasteiger partial charge is 0.274 e. The van der Waals surface area contributed by atoms with Crippen molar-refractivity contribution in [3.05, 3.63) is 64.3 Å². The summed E-state index contributed by atoms with van der Waals surface area (Å²) < 4.78 is 37.7. The molecule has 0 saturated heterocycles. The van der Waals surface area contributed by atoms with E-state index in [0.717, 1.165) is 12.3 Å². The van der Waals surface area contributed by atoms with Crippen LogP contribution in [0.15, 0.2) is 53.0 Å². The van der Waals surface area contributed by atoms with Crippen molar-refractivity contribution in [2.75, 3.05) is 4.90 Å². The van der Waals surface area contributed by atoms with Crippen molar-refractivity contribution in [3.8, 4) is 0 Å². The lowest BCUT2D eigenvalue weighted by Crippen LogP contribution is -2.22. The van der Waals surface area contributed by atoms with Gasteiger partial charge in [0.15, 0.2) is 5.13 Å². The molecule has 0 aliphatic heterocycles. The summed E-state index contributed by atoms with van der Waals surface area (Å²) in [5.41, 5.74) is 0.518. The van der Waals surface area contributed by atoms with Gasteiger partial charge in [-0.3, -0.25) is 9.69 Å². The zero-order valence-corrected chi connectivity index (χ0v) is 16.8. The molecular weight excluding hydrogens is 431 g/mol. The second-order valence-electron chi connectivity index (χ2n) is 5.63. The highest BCUT2D eigenvalue weighted by molar-refractivity contribution is 7.98. The largest absolute Gasteiger partial charge is 0.417 e. The minimum Gasteiger partial charge on any atom is -0.274 e. The van der Waals surface area contributed by atoms with Crippen LogP contribution in [-0.2, 0) is 16.7 Å². The van der Waals surface area contributed by atoms with Crippen molar-refractivity contribution < 1.29 is 18.0 Å². The van der Waals surface area contributed by atoms with Gasteiger partial charge in [-0.2, -0.15) is 13.2 Å². The summed E-state index contributed by atoms with van der Waals surface area (Å²) >= 11 is 8.57. The molecule has 1 amide bonds. The van der Waals surface area contributed by atoms with Crippen LogP contribution in [0.1, 0.15) is 18.2 Å². The molecule has 2 aromatic heterocycles. The van der Waals surface area contributed by atoms with E-state index >= 15 is 0 Å². The normalized spacial score (nSPS) is 11.5. The van der Waals surface area contributed by atoms with Crippen molar-refractivity contribution in [1.29, 1.82) is 0 Å². The second-order valence-corrected chi connectivity index (χ2v) is 7.90. The number of carbonyl (C=O) groups is 1. The molecule has 0 radical (unpaired) electrons. The molecule has 28 heavy (non-hydrogen) atoms. The zero-order chi connectivity index (χ0) is 20.3. The van der Waals surface area contributed by atoms with Gasteiger partial charge in [-0.1, -0.05) is 17.7 Å². The van der Waals surface area contributed by atoms with Crippen LogP contribution in [0.4, 0.5) is 24.0 Å². The minimum absolute atomic E-state index is 0.208. The molecule has 0 N–H and O–H groups in total. The van der Waals surface area contributed by atoms with Crippen LogP contribution in [0.5, 0.6) is 0 Å². The summed E-state index contributed by atoms with van der Waals surface area (Å²) in [5, 5.41) is 3.25. The monoisotopic (exact) mass is 443 g/mol. The van der Waals surface area contributed by atoms with Crippen molar-refractivity contribution in [3.63, 3.8) is 0 Å². The highest BCUT2D eigenvalue weighted by atomic mass is 35.5. The number of aromatic nitrogens is 2. The number of amides is 1. The van der Waals surface area contributed by atoms with Gasteiger partial charge in [0, 0.05) is 29.3 Å². The number of thioether (sulfide) groups is 1. The van der Waals surface area contributed by atoms with Crippen molar-refractivity contribution in [2.24, 2.45) is 0 Å². The first-order chi connectivity index (χ1) is 13.2. The fourth-order valence-corrected chi connectivity index (χ4v) is 4.20. The van der Waals surface area contributed by atoms with E-state index in [9.17, 15) is 18.0 Å². The fraction of sp³-hybridized carbons (Fsp3) is 0.167. The summed E-state index contributed by atoms with van der Waals surface area (Å²) in [4.78, 5) is 21.8. The van der Waals surface area contributed by atoms with Crippen LogP contribution in [0.2, 0.25) is 5.02 Å². The van der Waals surface area contributed by atoms with E-state index in [2.05, 4.69) is 9.97 Å². The Morgan fingerprint density at radius 2 is 2.07 bits per heavy atom. The van der Waals surface area contributed by atoms with Crippen molar-refractivity contribution in [1.82, 2.24) is 9.97 Å². The molecule has 0 aliphatic rings. The van der Waals surface area contributed by atoms with E-state index in [1.54, 1.807) is 29.6 Å². The van der Waals surface area contributed by atoms with Crippen LogP contribution in [0, 0.1) is 0 Å². The minimum atomic E-state index is -4.41. The molecule has 10 heteroatoms. The number of hydrogen-bond donors (Lipinski definition) is 0. The zero-order valence-electron chi connectivity index (χ0n) is 14.4. The Bertz CT molecular complexity index is 977. The third-order valence-corrected chi connectivity index (χ3v) is 5.63. The summed E-state index contributed by atoms with van der Waals surface area (Å²) in [6.07, 6.45) is -3.60. The molecule has 3 rings (SSSR count). The number of nitrogens with zero attached hydrogens (tertiary/aromatic N) is 3. The maximum Gasteiger partial charge on any atom is 0.417 e. The Morgan fingerprint density at radius 3 is 2.68 bits per heavy atom. The number of pyridine rings is 1. The second kappa shape index (κ2) is 8.50. The summed E-state index contributed by atoms with van der Waals surface area (Å²) in [6, 6.07) is 9.21. The molecule has 0 fully saturated rings. The third kappa shape index (κ3) is 5.03. The van der Waals surface area contributed by atoms with Crippen molar-refractivity contribution >= 4 is 51.4 Å². The average molecular weight is 444 g/mol. The lowest BCUT2D eigenvalue weighted by atomic mass is 10.3. The molecule has 3 aromatic rings. The Hall–Kier alpha value is -2.10. The summed E-state index contributed by atoms with van der Waals surface area (Å²) in [6.45, 7) is 1.43. The van der Waals surface area contributed by atoms with E-state index in [1.807, 2.05) is 0 Å². The molecule has 0 unspecified atom stereocenters. The van der Waals surface area contributed by atoms with Gasteiger partial charge in [-0.15, -0.1) is 23.1 Å². The molecule has 146 valence electrons. The van der Waals surface area contributed by atoms with E-state index < -0.39 is 11.7 Å². The van der Waals surface area contributed by atoms with Gasteiger partial charge in [0.1, 0.15) is 0 Å². The number of hydrogen-bond acceptors (Lipinski definition) is 5. The fourth-order valence-electron chi connectivity index (χ4n) is 2.29. The van der Waals surface area contributed by atoms with Gasteiger partial charge in [0.2, 0.25) is 5.91 Å². The predicted octanol–water partition coefficient (Wildman–Crippen LogP) is 6.19. The van der Waals surface area contributed by atoms with E-state index in [0.29, 0.717) is 32.3 Å². The number of rotatable bonds is 5. The Labute approximate surface area is 172 Å². The molecule has 4 nitrogen and oxygen atoms in total. The Morgan fingerprint density at radius 1 is 1.29 bits per heavy atom. The lowest BCUT2D eigenvalue weighted by molar-refractivity contribution is -0.137.